The number of likely N-dealkylation sites (tertiary alicyclic amines) is 1. The van der Waals surface area contributed by atoms with Crippen molar-refractivity contribution in [2.75, 3.05) is 20.6 Å². The highest BCUT2D eigenvalue weighted by atomic mass is 16.5. The molecule has 4 heteroatoms. The Bertz CT molecular complexity index is 1010. The smallest absolute Gasteiger partial charge is 0.174 e. The molecule has 4 atom stereocenters. The minimum atomic E-state index is -2.91. The third-order valence-corrected chi connectivity index (χ3v) is 5.81. The van der Waals surface area contributed by atoms with Crippen molar-refractivity contribution >= 4 is 5.78 Å². The summed E-state index contributed by atoms with van der Waals surface area (Å²) in [7, 11) is -2.91. The van der Waals surface area contributed by atoms with Crippen molar-refractivity contribution in [3.63, 3.8) is 0 Å². The van der Waals surface area contributed by atoms with Gasteiger partial charge in [-0.3, -0.25) is 4.79 Å². The number of rotatable bonds is 1. The molecule has 1 aromatic carbocycles. The van der Waals surface area contributed by atoms with Crippen LogP contribution in [0.2, 0.25) is 0 Å². The number of hydrogen-bond acceptors (Lipinski definition) is 4. The first-order chi connectivity index (χ1) is 14.2. The molecule has 1 saturated carbocycles. The molecule has 2 aliphatic carbocycles. The molecule has 0 N–H and O–H groups in total. The predicted molar refractivity (Wildman–Crippen MR) is 81.6 cm³/mol. The molecule has 0 radical (unpaired) electrons. The molecule has 1 spiro atoms. The normalized spacial score (nSPS) is 48.9. The maximum atomic E-state index is 13.0. The lowest BCUT2D eigenvalue weighted by atomic mass is 9.52. The maximum Gasteiger partial charge on any atom is 0.174 e. The van der Waals surface area contributed by atoms with Gasteiger partial charge in [0.1, 0.15) is 0 Å². The largest absolute Gasteiger partial charge is 0.493 e. The van der Waals surface area contributed by atoms with Gasteiger partial charge in [-0.05, 0) is 50.3 Å². The van der Waals surface area contributed by atoms with Gasteiger partial charge in [-0.1, -0.05) is 6.04 Å². The summed E-state index contributed by atoms with van der Waals surface area (Å²) in [5, 5.41) is 0. The highest BCUT2D eigenvalue weighted by Crippen LogP contribution is 2.62. The number of likely N-dealkylation sites (N-methyl/N-ethyl adjacent to an activating group) is 1. The average Bonchev–Trinajstić information content (AvgIpc) is 2.90. The summed E-state index contributed by atoms with van der Waals surface area (Å²) in [6, 6.07) is -1.33. The van der Waals surface area contributed by atoms with Crippen molar-refractivity contribution in [2.24, 2.45) is 5.92 Å². The van der Waals surface area contributed by atoms with Crippen LogP contribution in [0, 0.1) is 5.92 Å². The quantitative estimate of drug-likeness (QED) is 0.795. The van der Waals surface area contributed by atoms with Gasteiger partial charge in [0.25, 0.3) is 0 Å². The molecule has 0 aromatic heterocycles. The Morgan fingerprint density at radius 2 is 2.55 bits per heavy atom. The van der Waals surface area contributed by atoms with Gasteiger partial charge < -0.3 is 14.4 Å². The summed E-state index contributed by atoms with van der Waals surface area (Å²) >= 11 is 0. The molecule has 0 amide bonds. The Morgan fingerprint density at radius 3 is 3.41 bits per heavy atom. The highest BCUT2D eigenvalue weighted by molar-refractivity contribution is 5.89. The Hall–Kier alpha value is -1.55. The molecule has 2 heterocycles. The topological polar surface area (TPSA) is 38.8 Å². The fourth-order valence-electron chi connectivity index (χ4n) is 5.00. The number of carbonyl (C=O) groups is 1. The van der Waals surface area contributed by atoms with Gasteiger partial charge >= 0.3 is 0 Å². The summed E-state index contributed by atoms with van der Waals surface area (Å²) in [6.45, 7) is -2.27. The molecule has 1 aromatic rings. The van der Waals surface area contributed by atoms with Crippen LogP contribution < -0.4 is 9.47 Å². The minimum Gasteiger partial charge on any atom is -0.493 e. The average molecular weight is 308 g/mol. The van der Waals surface area contributed by atoms with Crippen molar-refractivity contribution in [2.45, 2.75) is 43.2 Å². The van der Waals surface area contributed by atoms with Crippen LogP contribution >= 0.6 is 0 Å². The van der Waals surface area contributed by atoms with Crippen molar-refractivity contribution in [1.29, 1.82) is 0 Å². The molecule has 1 saturated heterocycles. The zero-order chi connectivity index (χ0) is 22.7. The second-order valence-corrected chi connectivity index (χ2v) is 6.55. The molecule has 4 nitrogen and oxygen atoms in total. The fraction of sp³-hybridized carbons (Fsp3) is 0.611. The van der Waals surface area contributed by atoms with E-state index in [-0.39, 0.29) is 43.5 Å². The van der Waals surface area contributed by atoms with E-state index in [1.165, 1.54) is 4.90 Å². The summed E-state index contributed by atoms with van der Waals surface area (Å²) in [5.41, 5.74) is -0.465. The van der Waals surface area contributed by atoms with E-state index in [2.05, 4.69) is 0 Å². The van der Waals surface area contributed by atoms with Gasteiger partial charge in [-0.2, -0.15) is 0 Å². The standard InChI is InChI=1S/C18H21NO3/c1-19-8-7-18-11-4-5-13(20)17(18)22-16-14(21-2)6-3-10(15(16)18)9-12(11)19/h3,6,11-12,17H,4-5,7-9H2,1-2H3/t11-,12+,17?,18-/m0/s1/i1D3,2D3,3D,6D,17D. The van der Waals surface area contributed by atoms with E-state index in [4.69, 9.17) is 21.8 Å². The molecule has 116 valence electrons. The van der Waals surface area contributed by atoms with Crippen molar-refractivity contribution in [3.05, 3.63) is 23.2 Å². The fourth-order valence-corrected chi connectivity index (χ4v) is 5.00. The lowest BCUT2D eigenvalue weighted by Crippen LogP contribution is -2.65. The molecular formula is C18H21NO3. The zero-order valence-corrected chi connectivity index (χ0v) is 11.9. The molecular weight excluding hydrogens is 278 g/mol. The Morgan fingerprint density at radius 1 is 1.59 bits per heavy atom. The first kappa shape index (κ1) is 6.91. The number of benzene rings is 1. The molecule has 5 rings (SSSR count). The van der Waals surface area contributed by atoms with Crippen LogP contribution in [0.3, 0.4) is 0 Å². The van der Waals surface area contributed by atoms with Gasteiger partial charge in [0.05, 0.1) is 15.3 Å². The molecule has 1 unspecified atom stereocenters. The van der Waals surface area contributed by atoms with Crippen LogP contribution in [0.25, 0.3) is 0 Å². The minimum absolute atomic E-state index is 0.0432. The van der Waals surface area contributed by atoms with Crippen LogP contribution in [-0.2, 0) is 16.6 Å². The molecule has 2 fully saturated rings. The van der Waals surface area contributed by atoms with Gasteiger partial charge in [0.15, 0.2) is 23.4 Å². The van der Waals surface area contributed by atoms with E-state index >= 15 is 0 Å². The zero-order valence-electron chi connectivity index (χ0n) is 20.9. The van der Waals surface area contributed by atoms with Crippen molar-refractivity contribution in [3.8, 4) is 11.5 Å². The Kier molecular flexibility index (Phi) is 1.27. The summed E-state index contributed by atoms with van der Waals surface area (Å²) < 4.78 is 83.2. The second kappa shape index (κ2) is 4.05. The predicted octanol–water partition coefficient (Wildman–Crippen LogP) is 1.93. The van der Waals surface area contributed by atoms with Gasteiger partial charge in [-0.25, -0.2) is 0 Å². The van der Waals surface area contributed by atoms with Crippen LogP contribution in [0.15, 0.2) is 12.1 Å². The van der Waals surface area contributed by atoms with Gasteiger partial charge in [-0.15, -0.1) is 0 Å². The van der Waals surface area contributed by atoms with E-state index in [0.717, 1.165) is 0 Å². The molecule has 2 aliphatic heterocycles. The molecule has 22 heavy (non-hydrogen) atoms. The van der Waals surface area contributed by atoms with E-state index in [1.54, 1.807) is 0 Å². The SMILES string of the molecule is [2H]c1c([2H])c(OC([2H])([2H])[2H])c2c3c1C[C@@H]1[C@@H]4CCC(=O)C([2H])(O2)[C@]34CCN1C([2H])([2H])[2H]. The number of carbonyl (C=O) groups excluding carboxylic acids is 1. The summed E-state index contributed by atoms with van der Waals surface area (Å²) in [4.78, 5) is 14.4. The number of piperidine rings is 1. The lowest BCUT2D eigenvalue weighted by Gasteiger charge is -2.57. The number of Topliss-reactive ketones (excluding diaryl/α,β-unsaturated/α-hetero) is 1. The molecule has 2 bridgehead atoms. The number of ketones is 1. The monoisotopic (exact) mass is 308 g/mol. The van der Waals surface area contributed by atoms with Crippen LogP contribution in [0.5, 0.6) is 11.5 Å². The van der Waals surface area contributed by atoms with Crippen LogP contribution in [-0.4, -0.2) is 43.4 Å². The maximum absolute atomic E-state index is 13.0. The number of hydrogen-bond donors (Lipinski definition) is 0. The first-order valence-corrected chi connectivity index (χ1v) is 7.57. The van der Waals surface area contributed by atoms with Crippen molar-refractivity contribution in [1.82, 2.24) is 4.90 Å². The third kappa shape index (κ3) is 1.27. The van der Waals surface area contributed by atoms with E-state index in [9.17, 15) is 4.79 Å². The Labute approximate surface area is 143 Å². The van der Waals surface area contributed by atoms with E-state index in [1.807, 2.05) is 0 Å². The van der Waals surface area contributed by atoms with E-state index < -0.39 is 49.1 Å². The Balaban J connectivity index is 1.82. The van der Waals surface area contributed by atoms with Crippen LogP contribution in [0.4, 0.5) is 0 Å². The third-order valence-electron chi connectivity index (χ3n) is 5.81. The number of methoxy groups -OCH3 is 1. The highest BCUT2D eigenvalue weighted by Gasteiger charge is 2.65. The van der Waals surface area contributed by atoms with Crippen molar-refractivity contribution < 1.29 is 26.6 Å². The van der Waals surface area contributed by atoms with E-state index in [0.29, 0.717) is 17.5 Å². The lowest BCUT2D eigenvalue weighted by molar-refractivity contribution is -0.138. The first-order valence-electron chi connectivity index (χ1n) is 12.1. The second-order valence-electron chi connectivity index (χ2n) is 6.55. The van der Waals surface area contributed by atoms with Gasteiger partial charge in [0, 0.05) is 27.6 Å². The summed E-state index contributed by atoms with van der Waals surface area (Å²) in [6.07, 6.45) is -1.35. The van der Waals surface area contributed by atoms with Gasteiger partial charge in [0.2, 0.25) is 0 Å². The number of nitrogens with zero attached hydrogens (tertiary/aromatic N) is 1. The van der Waals surface area contributed by atoms with Crippen LogP contribution in [0.1, 0.15) is 42.7 Å². The number of ether oxygens (including phenoxy) is 2. The molecule has 4 aliphatic rings. The summed E-state index contributed by atoms with van der Waals surface area (Å²) in [5.74, 6) is -1.43.